The lowest BCUT2D eigenvalue weighted by molar-refractivity contribution is -0.155. The Morgan fingerprint density at radius 1 is 1.22 bits per heavy atom. The lowest BCUT2D eigenvalue weighted by atomic mass is 9.76. The molecule has 1 aliphatic carbocycles. The summed E-state index contributed by atoms with van der Waals surface area (Å²) in [5, 5.41) is 32.0. The molecule has 0 bridgehead atoms. The molecule has 0 spiro atoms. The number of carbonyl (C=O) groups excluding carboxylic acids is 1. The van der Waals surface area contributed by atoms with E-state index < -0.39 is 17.1 Å². The van der Waals surface area contributed by atoms with E-state index in [0.29, 0.717) is 12.1 Å². The second-order valence-corrected chi connectivity index (χ2v) is 11.1. The number of nitrogens with one attached hydrogen (secondary N) is 2. The second-order valence-electron chi connectivity index (χ2n) is 11.1. The lowest BCUT2D eigenvalue weighted by Crippen LogP contribution is -2.47. The van der Waals surface area contributed by atoms with Crippen LogP contribution in [0, 0.1) is 16.7 Å². The SMILES string of the molecule is CC1(C)CC=C(c2cc(C3=C[C@](C)(CO)O[C@](C)(CO)C3)ccc2NC(=O)c2nc(C#N)c[nH]2)CC1. The number of aromatic amines is 1. The first-order valence-corrected chi connectivity index (χ1v) is 12.2. The normalized spacial score (nSPS) is 25.5. The van der Waals surface area contributed by atoms with Crippen molar-refractivity contribution in [1.82, 2.24) is 9.97 Å². The van der Waals surface area contributed by atoms with E-state index in [1.807, 2.05) is 31.2 Å². The topological polar surface area (TPSA) is 131 Å². The zero-order valence-electron chi connectivity index (χ0n) is 21.3. The fraction of sp³-hybridized carbons (Fsp3) is 0.464. The molecule has 36 heavy (non-hydrogen) atoms. The summed E-state index contributed by atoms with van der Waals surface area (Å²) >= 11 is 0. The molecule has 0 radical (unpaired) electrons. The van der Waals surface area contributed by atoms with Crippen LogP contribution in [0.1, 0.15) is 80.8 Å². The number of benzene rings is 1. The highest BCUT2D eigenvalue weighted by molar-refractivity contribution is 6.03. The number of nitriles is 1. The molecular weight excluding hydrogens is 456 g/mol. The van der Waals surface area contributed by atoms with E-state index in [1.54, 1.807) is 6.92 Å². The maximum atomic E-state index is 12.9. The highest BCUT2D eigenvalue weighted by Crippen LogP contribution is 2.43. The second kappa shape index (κ2) is 9.66. The van der Waals surface area contributed by atoms with Gasteiger partial charge in [-0.25, -0.2) is 4.98 Å². The monoisotopic (exact) mass is 490 g/mol. The largest absolute Gasteiger partial charge is 0.393 e. The van der Waals surface area contributed by atoms with E-state index in [4.69, 9.17) is 10.00 Å². The molecule has 1 aromatic heterocycles. The van der Waals surface area contributed by atoms with Crippen LogP contribution in [0.25, 0.3) is 11.1 Å². The number of imidazole rings is 1. The number of rotatable bonds is 6. The van der Waals surface area contributed by atoms with Gasteiger partial charge < -0.3 is 25.3 Å². The molecule has 2 atom stereocenters. The Labute approximate surface area is 211 Å². The number of aromatic nitrogens is 2. The summed E-state index contributed by atoms with van der Waals surface area (Å²) in [6, 6.07) is 7.79. The van der Waals surface area contributed by atoms with Gasteiger partial charge in [0.15, 0.2) is 11.5 Å². The predicted molar refractivity (Wildman–Crippen MR) is 138 cm³/mol. The van der Waals surface area contributed by atoms with Crippen LogP contribution in [0.4, 0.5) is 5.69 Å². The van der Waals surface area contributed by atoms with Crippen molar-refractivity contribution in [2.75, 3.05) is 18.5 Å². The van der Waals surface area contributed by atoms with Crippen molar-refractivity contribution >= 4 is 22.7 Å². The van der Waals surface area contributed by atoms with Crippen LogP contribution in [-0.4, -0.2) is 50.5 Å². The van der Waals surface area contributed by atoms with Crippen molar-refractivity contribution in [3.63, 3.8) is 0 Å². The fourth-order valence-corrected chi connectivity index (χ4v) is 4.92. The Morgan fingerprint density at radius 2 is 2.00 bits per heavy atom. The number of amides is 1. The third-order valence-electron chi connectivity index (χ3n) is 7.04. The van der Waals surface area contributed by atoms with Crippen molar-refractivity contribution < 1.29 is 19.7 Å². The first-order valence-electron chi connectivity index (χ1n) is 12.2. The maximum absolute atomic E-state index is 12.9. The van der Waals surface area contributed by atoms with Crippen LogP contribution >= 0.6 is 0 Å². The third kappa shape index (κ3) is 5.44. The molecule has 0 unspecified atom stereocenters. The number of hydrogen-bond donors (Lipinski definition) is 4. The molecule has 1 aromatic carbocycles. The average Bonchev–Trinajstić information content (AvgIpc) is 3.34. The van der Waals surface area contributed by atoms with Gasteiger partial charge >= 0.3 is 0 Å². The fourth-order valence-electron chi connectivity index (χ4n) is 4.92. The number of aliphatic hydroxyl groups is 2. The van der Waals surface area contributed by atoms with Gasteiger partial charge in [-0.3, -0.25) is 4.79 Å². The molecule has 2 heterocycles. The minimum Gasteiger partial charge on any atom is -0.393 e. The number of carbonyl (C=O) groups is 1. The maximum Gasteiger partial charge on any atom is 0.291 e. The number of ether oxygens (including phenoxy) is 1. The summed E-state index contributed by atoms with van der Waals surface area (Å²) in [7, 11) is 0. The molecule has 2 aliphatic rings. The summed E-state index contributed by atoms with van der Waals surface area (Å²) in [5.74, 6) is -0.349. The first kappa shape index (κ1) is 25.8. The number of hydrogen-bond acceptors (Lipinski definition) is 6. The van der Waals surface area contributed by atoms with E-state index in [-0.39, 0.29) is 30.1 Å². The summed E-state index contributed by atoms with van der Waals surface area (Å²) in [6.45, 7) is 7.77. The summed E-state index contributed by atoms with van der Waals surface area (Å²) in [5.41, 5.74) is 3.30. The molecule has 1 aliphatic heterocycles. The van der Waals surface area contributed by atoms with Gasteiger partial charge in [0.2, 0.25) is 0 Å². The van der Waals surface area contributed by atoms with Gasteiger partial charge in [0.05, 0.1) is 18.8 Å². The molecule has 4 rings (SSSR count). The van der Waals surface area contributed by atoms with Crippen molar-refractivity contribution in [3.05, 3.63) is 59.2 Å². The van der Waals surface area contributed by atoms with Gasteiger partial charge in [-0.05, 0) is 73.4 Å². The Hall–Kier alpha value is -3.25. The average molecular weight is 491 g/mol. The highest BCUT2D eigenvalue weighted by Gasteiger charge is 2.40. The summed E-state index contributed by atoms with van der Waals surface area (Å²) in [6.07, 6.45) is 8.90. The van der Waals surface area contributed by atoms with Crippen molar-refractivity contribution in [2.45, 2.75) is 64.6 Å². The van der Waals surface area contributed by atoms with Crippen LogP contribution < -0.4 is 5.32 Å². The number of allylic oxidation sites excluding steroid dienone is 2. The molecule has 190 valence electrons. The smallest absolute Gasteiger partial charge is 0.291 e. The molecule has 2 aromatic rings. The zero-order valence-corrected chi connectivity index (χ0v) is 21.3. The van der Waals surface area contributed by atoms with Gasteiger partial charge in [0, 0.05) is 23.9 Å². The Kier molecular flexibility index (Phi) is 6.93. The van der Waals surface area contributed by atoms with Gasteiger partial charge in [-0.15, -0.1) is 0 Å². The number of nitrogens with zero attached hydrogens (tertiary/aromatic N) is 2. The molecule has 0 fully saturated rings. The quantitative estimate of drug-likeness (QED) is 0.474. The third-order valence-corrected chi connectivity index (χ3v) is 7.04. The molecular formula is C28H34N4O4. The van der Waals surface area contributed by atoms with Gasteiger partial charge in [0.1, 0.15) is 11.7 Å². The summed E-state index contributed by atoms with van der Waals surface area (Å²) < 4.78 is 6.04. The van der Waals surface area contributed by atoms with Crippen molar-refractivity contribution in [1.29, 1.82) is 5.26 Å². The van der Waals surface area contributed by atoms with Crippen LogP contribution in [0.2, 0.25) is 0 Å². The zero-order chi connectivity index (χ0) is 26.1. The van der Waals surface area contributed by atoms with E-state index >= 15 is 0 Å². The van der Waals surface area contributed by atoms with E-state index in [2.05, 4.69) is 41.3 Å². The summed E-state index contributed by atoms with van der Waals surface area (Å²) in [4.78, 5) is 19.7. The van der Waals surface area contributed by atoms with Gasteiger partial charge in [0.25, 0.3) is 5.91 Å². The molecule has 4 N–H and O–H groups in total. The van der Waals surface area contributed by atoms with E-state index in [1.165, 1.54) is 6.20 Å². The number of anilines is 1. The van der Waals surface area contributed by atoms with Crippen LogP contribution in [0.15, 0.2) is 36.5 Å². The number of H-pyrrole nitrogens is 1. The van der Waals surface area contributed by atoms with Gasteiger partial charge in [-0.1, -0.05) is 26.0 Å². The first-order chi connectivity index (χ1) is 17.0. The molecule has 0 saturated heterocycles. The lowest BCUT2D eigenvalue weighted by Gasteiger charge is -2.42. The van der Waals surface area contributed by atoms with Crippen molar-refractivity contribution in [3.8, 4) is 6.07 Å². The minimum atomic E-state index is -0.913. The van der Waals surface area contributed by atoms with Crippen molar-refractivity contribution in [2.24, 2.45) is 5.41 Å². The standard InChI is InChI=1S/C28H34N4O4/c1-26(2)9-7-18(8-10-26)22-11-19(20-12-27(3,16-33)36-28(4,13-20)17-34)5-6-23(22)32-25(35)24-30-15-21(14-29)31-24/h5-7,11-12,15,33-34H,8-10,13,16-17H2,1-4H3,(H,30,31)(H,32,35)/t27-,28+/m1/s1. The Balaban J connectivity index is 1.75. The predicted octanol–water partition coefficient (Wildman–Crippen LogP) is 4.43. The molecule has 1 amide bonds. The van der Waals surface area contributed by atoms with Crippen LogP contribution in [0.5, 0.6) is 0 Å². The van der Waals surface area contributed by atoms with Crippen LogP contribution in [0.3, 0.4) is 0 Å². The minimum absolute atomic E-state index is 0.0740. The van der Waals surface area contributed by atoms with E-state index in [9.17, 15) is 15.0 Å². The molecule has 8 heteroatoms. The van der Waals surface area contributed by atoms with Crippen LogP contribution in [-0.2, 0) is 4.74 Å². The highest BCUT2D eigenvalue weighted by atomic mass is 16.5. The van der Waals surface area contributed by atoms with E-state index in [0.717, 1.165) is 41.5 Å². The molecule has 8 nitrogen and oxygen atoms in total. The van der Waals surface area contributed by atoms with Gasteiger partial charge in [-0.2, -0.15) is 5.26 Å². The Morgan fingerprint density at radius 3 is 2.61 bits per heavy atom. The number of aliphatic hydroxyl groups excluding tert-OH is 2. The molecule has 0 saturated carbocycles. The Bertz CT molecular complexity index is 1270.